The van der Waals surface area contributed by atoms with E-state index in [1.54, 1.807) is 11.3 Å². The lowest BCUT2D eigenvalue weighted by atomic mass is 10.1. The molecule has 0 saturated carbocycles. The number of hydrogen-bond acceptors (Lipinski definition) is 4. The molecule has 4 nitrogen and oxygen atoms in total. The molecular formula is C11H17NO3S. The van der Waals surface area contributed by atoms with Crippen LogP contribution >= 0.6 is 11.3 Å². The highest BCUT2D eigenvalue weighted by Crippen LogP contribution is 2.27. The molecule has 0 radical (unpaired) electrons. The first-order valence-corrected chi connectivity index (χ1v) is 5.91. The zero-order chi connectivity index (χ0) is 12.3. The molecule has 1 rings (SSSR count). The Balaban J connectivity index is 2.66. The van der Waals surface area contributed by atoms with Gasteiger partial charge < -0.3 is 15.5 Å². The number of aliphatic hydroxyl groups excluding tert-OH is 2. The third kappa shape index (κ3) is 3.30. The van der Waals surface area contributed by atoms with Crippen LogP contribution in [-0.4, -0.2) is 28.8 Å². The van der Waals surface area contributed by atoms with E-state index in [-0.39, 0.29) is 12.5 Å². The Morgan fingerprint density at radius 3 is 2.56 bits per heavy atom. The van der Waals surface area contributed by atoms with Crippen molar-refractivity contribution < 1.29 is 15.0 Å². The monoisotopic (exact) mass is 243 g/mol. The van der Waals surface area contributed by atoms with Gasteiger partial charge in [0.15, 0.2) is 0 Å². The van der Waals surface area contributed by atoms with Crippen LogP contribution in [0.1, 0.15) is 28.3 Å². The Kier molecular flexibility index (Phi) is 4.46. The highest BCUT2D eigenvalue weighted by atomic mass is 32.1. The summed E-state index contributed by atoms with van der Waals surface area (Å²) in [6.07, 6.45) is -1.92. The number of rotatable bonds is 4. The maximum absolute atomic E-state index is 10.7. The van der Waals surface area contributed by atoms with Crippen LogP contribution in [0.25, 0.3) is 0 Å². The van der Waals surface area contributed by atoms with E-state index >= 15 is 0 Å². The summed E-state index contributed by atoms with van der Waals surface area (Å²) in [7, 11) is 0. The van der Waals surface area contributed by atoms with Gasteiger partial charge in [0.25, 0.3) is 0 Å². The van der Waals surface area contributed by atoms with Gasteiger partial charge in [-0.15, -0.1) is 11.3 Å². The van der Waals surface area contributed by atoms with Crippen molar-refractivity contribution in [2.45, 2.75) is 33.0 Å². The number of carbonyl (C=O) groups is 1. The van der Waals surface area contributed by atoms with Gasteiger partial charge in [-0.25, -0.2) is 0 Å². The molecule has 5 heteroatoms. The van der Waals surface area contributed by atoms with Gasteiger partial charge in [-0.05, 0) is 25.5 Å². The topological polar surface area (TPSA) is 69.6 Å². The first kappa shape index (κ1) is 13.2. The summed E-state index contributed by atoms with van der Waals surface area (Å²) < 4.78 is 0. The lowest BCUT2D eigenvalue weighted by Crippen LogP contribution is -2.34. The Hall–Kier alpha value is -0.910. The van der Waals surface area contributed by atoms with Crippen molar-refractivity contribution >= 4 is 17.2 Å². The number of nitrogens with one attached hydrogen (secondary N) is 1. The Bertz CT molecular complexity index is 375. The molecule has 3 N–H and O–H groups in total. The number of carbonyl (C=O) groups excluding carboxylic acids is 1. The molecule has 0 bridgehead atoms. The van der Waals surface area contributed by atoms with E-state index in [9.17, 15) is 15.0 Å². The molecule has 0 aromatic carbocycles. The van der Waals surface area contributed by atoms with E-state index in [2.05, 4.69) is 5.32 Å². The molecule has 1 heterocycles. The summed E-state index contributed by atoms with van der Waals surface area (Å²) in [6.45, 7) is 5.29. The maximum atomic E-state index is 10.7. The Morgan fingerprint density at radius 1 is 1.50 bits per heavy atom. The average molecular weight is 243 g/mol. The van der Waals surface area contributed by atoms with Crippen molar-refractivity contribution in [3.8, 4) is 0 Å². The fourth-order valence-electron chi connectivity index (χ4n) is 1.51. The number of aryl methyl sites for hydroxylation is 2. The molecular weight excluding hydrogens is 226 g/mol. The van der Waals surface area contributed by atoms with Crippen LogP contribution in [-0.2, 0) is 4.79 Å². The summed E-state index contributed by atoms with van der Waals surface area (Å²) >= 11 is 1.58. The summed E-state index contributed by atoms with van der Waals surface area (Å²) in [5.41, 5.74) is 0.736. The number of hydrogen-bond donors (Lipinski definition) is 3. The summed E-state index contributed by atoms with van der Waals surface area (Å²) in [4.78, 5) is 12.8. The molecule has 0 fully saturated rings. The molecule has 1 aromatic heterocycles. The van der Waals surface area contributed by atoms with Crippen molar-refractivity contribution in [1.82, 2.24) is 5.32 Å². The van der Waals surface area contributed by atoms with Crippen LogP contribution in [0.4, 0.5) is 0 Å². The van der Waals surface area contributed by atoms with Gasteiger partial charge >= 0.3 is 0 Å². The van der Waals surface area contributed by atoms with Gasteiger partial charge in [0.1, 0.15) is 12.2 Å². The first-order valence-electron chi connectivity index (χ1n) is 5.09. The molecule has 0 saturated heterocycles. The van der Waals surface area contributed by atoms with Gasteiger partial charge in [0.2, 0.25) is 5.91 Å². The van der Waals surface area contributed by atoms with Crippen LogP contribution in [0.3, 0.4) is 0 Å². The lowest BCUT2D eigenvalue weighted by molar-refractivity contribution is -0.119. The SMILES string of the molecule is CC(=O)NCC(O)C(O)c1cc(C)sc1C. The fraction of sp³-hybridized carbons (Fsp3) is 0.545. The second-order valence-electron chi connectivity index (χ2n) is 3.82. The number of thiophene rings is 1. The van der Waals surface area contributed by atoms with Gasteiger partial charge in [0, 0.05) is 23.2 Å². The third-order valence-corrected chi connectivity index (χ3v) is 3.30. The minimum absolute atomic E-state index is 0.0604. The summed E-state index contributed by atoms with van der Waals surface area (Å²) in [5.74, 6) is -0.218. The van der Waals surface area contributed by atoms with Crippen molar-refractivity contribution in [2.75, 3.05) is 6.54 Å². The number of amides is 1. The largest absolute Gasteiger partial charge is 0.388 e. The second-order valence-corrected chi connectivity index (χ2v) is 5.28. The second kappa shape index (κ2) is 5.43. The smallest absolute Gasteiger partial charge is 0.216 e. The van der Waals surface area contributed by atoms with Crippen molar-refractivity contribution in [3.05, 3.63) is 21.4 Å². The van der Waals surface area contributed by atoms with E-state index in [0.29, 0.717) is 0 Å². The molecule has 2 atom stereocenters. The van der Waals surface area contributed by atoms with Crippen molar-refractivity contribution in [1.29, 1.82) is 0 Å². The third-order valence-electron chi connectivity index (χ3n) is 2.32. The number of aliphatic hydroxyl groups is 2. The van der Waals surface area contributed by atoms with Crippen LogP contribution < -0.4 is 5.32 Å². The van der Waals surface area contributed by atoms with Crippen molar-refractivity contribution in [3.63, 3.8) is 0 Å². The van der Waals surface area contributed by atoms with Crippen molar-refractivity contribution in [2.24, 2.45) is 0 Å². The van der Waals surface area contributed by atoms with Crippen LogP contribution in [0.5, 0.6) is 0 Å². The standard InChI is InChI=1S/C11H17NO3S/c1-6-4-9(7(2)16-6)11(15)10(14)5-12-8(3)13/h4,10-11,14-15H,5H2,1-3H3,(H,12,13). The average Bonchev–Trinajstić information content (AvgIpc) is 2.53. The minimum Gasteiger partial charge on any atom is -0.388 e. The molecule has 16 heavy (non-hydrogen) atoms. The Labute approximate surface area is 98.9 Å². The first-order chi connectivity index (χ1) is 7.41. The van der Waals surface area contributed by atoms with Crippen LogP contribution in [0.2, 0.25) is 0 Å². The van der Waals surface area contributed by atoms with Gasteiger partial charge in [-0.2, -0.15) is 0 Å². The fourth-order valence-corrected chi connectivity index (χ4v) is 2.48. The van der Waals surface area contributed by atoms with E-state index in [1.165, 1.54) is 6.92 Å². The van der Waals surface area contributed by atoms with E-state index in [1.807, 2.05) is 19.9 Å². The van der Waals surface area contributed by atoms with Gasteiger partial charge in [-0.1, -0.05) is 0 Å². The molecule has 1 amide bonds. The maximum Gasteiger partial charge on any atom is 0.216 e. The van der Waals surface area contributed by atoms with Gasteiger partial charge in [-0.3, -0.25) is 4.79 Å². The highest BCUT2D eigenvalue weighted by Gasteiger charge is 2.21. The van der Waals surface area contributed by atoms with Crippen LogP contribution in [0.15, 0.2) is 6.07 Å². The molecule has 90 valence electrons. The summed E-state index contributed by atoms with van der Waals surface area (Å²) in [5, 5.41) is 22.1. The predicted octanol–water partition coefficient (Wildman–Crippen LogP) is 0.895. The normalized spacial score (nSPS) is 14.6. The predicted molar refractivity (Wildman–Crippen MR) is 63.4 cm³/mol. The zero-order valence-electron chi connectivity index (χ0n) is 9.65. The van der Waals surface area contributed by atoms with E-state index in [4.69, 9.17) is 0 Å². The van der Waals surface area contributed by atoms with E-state index in [0.717, 1.165) is 15.3 Å². The molecule has 0 spiro atoms. The molecule has 0 aliphatic rings. The minimum atomic E-state index is -0.975. The zero-order valence-corrected chi connectivity index (χ0v) is 10.5. The van der Waals surface area contributed by atoms with E-state index < -0.39 is 12.2 Å². The molecule has 1 aromatic rings. The molecule has 2 unspecified atom stereocenters. The summed E-state index contributed by atoms with van der Waals surface area (Å²) in [6, 6.07) is 1.86. The van der Waals surface area contributed by atoms with Crippen LogP contribution in [0, 0.1) is 13.8 Å². The lowest BCUT2D eigenvalue weighted by Gasteiger charge is -2.17. The van der Waals surface area contributed by atoms with Gasteiger partial charge in [0.05, 0.1) is 0 Å². The highest BCUT2D eigenvalue weighted by molar-refractivity contribution is 7.12. The Morgan fingerprint density at radius 2 is 2.12 bits per heavy atom. The molecule has 0 aliphatic carbocycles. The quantitative estimate of drug-likeness (QED) is 0.735. The molecule has 0 aliphatic heterocycles.